The Morgan fingerprint density at radius 1 is 0.407 bits per heavy atom. The number of nitrogens with zero attached hydrogens (tertiary/aromatic N) is 9. The predicted molar refractivity (Wildman–Crippen MR) is 554 cm³/mol. The SMILES string of the molecule is CCCOCCOCCN.CCCOCCOCCN=Cc1ccccn1.CO.CO.CO.CO.CO.COc1ccccn1.Cc1ccc2c(c1)c(CC(=O)NCCOCCOCCN=Cc1ccccn1)c(C)n2C(=O)c1ccc(Cl)cc1.Cc1ccc2c(c1)c(CC(=O)O)c(C)n2C(=O)c1ccc(Cl)cc1.NCCOCCOCCN=Cc1ccccn1.[Br][Re].[Br][Re].[Br][Re].[CH-]=O.[CH-]=O.[CH-]=O.[CH-]=O. The van der Waals surface area contributed by atoms with Crippen molar-refractivity contribution in [1.29, 1.82) is 0 Å². The summed E-state index contributed by atoms with van der Waals surface area (Å²) in [5.74, 6) is -0.752. The molecule has 10 aromatic rings. The van der Waals surface area contributed by atoms with Crippen molar-refractivity contribution in [3.63, 3.8) is 0 Å². The van der Waals surface area contributed by atoms with Gasteiger partial charge in [0, 0.05) is 161 Å². The molecule has 6 aromatic heterocycles. The summed E-state index contributed by atoms with van der Waals surface area (Å²) in [5, 5.41) is 49.9. The molecule has 0 unspecified atom stereocenters. The number of fused-ring (bicyclic) bond motifs is 2. The molecular weight excluding hydrogens is 2570 g/mol. The third-order valence-corrected chi connectivity index (χ3v) is 16.7. The number of carboxylic acids is 1. The Morgan fingerprint density at radius 3 is 0.971 bits per heavy atom. The average molecular weight is 2710 g/mol. The number of pyridine rings is 4. The molecule has 11 N–H and O–H groups in total. The van der Waals surface area contributed by atoms with Crippen molar-refractivity contribution >= 4 is 155 Å². The van der Waals surface area contributed by atoms with Crippen LogP contribution in [-0.2, 0) is 131 Å². The van der Waals surface area contributed by atoms with Gasteiger partial charge in [-0.1, -0.05) is 84.6 Å². The molecular formula is C97H136Br3Cl2N12O23Re3-4. The molecule has 0 saturated heterocycles. The molecule has 6 heterocycles. The standard InChI is InChI=1S/C31H33ClN4O4.C19H16ClNO3.C13H20N2O2.C12H19N3O2.C7H17NO2.C6H7NO.5CH4O.4CHO.3BrH.3Re/c1-22-6-11-29-28(19-22)27(23(2)36(29)31(38)24-7-9-25(32)10-8-24)20-30(37)35-14-16-40-18-17-39-15-13-33-21-26-5-3-4-12-34-26;1-11-3-8-17-16(9-11)15(10-18(22)23)12(2)21(17)19(24)13-4-6-14(20)7-5-13;1-2-8-16-10-11-17-9-7-14-12-13-5-3-4-6-15-13;13-4-7-16-9-10-17-8-6-14-11-12-3-1-2-5-15-12;1-2-4-9-6-7-10-5-3-8;1-8-6-4-2-3-5-7-6;9*1-2;;;;;;/h3-12,19,21H,13-18,20H2,1-2H3,(H,35,37);3-9H,10H2,1-2H3,(H,22,23);3-6,12H,2,7-11H2,1H3;1-3,5,11H,4,6-10,13H2;2-8H2,1H3;2-5H,1H3;5*2H,1H3;4*1H;3*1H;;;/q;;;;;;;;;;;4*-1;;;;3*+1/p-3. The molecule has 0 aliphatic rings. The molecule has 0 spiro atoms. The number of nitrogens with one attached hydrogen (secondary N) is 1. The molecule has 1 amide bonds. The van der Waals surface area contributed by atoms with Gasteiger partial charge in [0.25, 0.3) is 11.8 Å². The Labute approximate surface area is 886 Å². The van der Waals surface area contributed by atoms with Gasteiger partial charge in [-0.3, -0.25) is 85.4 Å². The smallest absolute Gasteiger partial charge is 0.282 e. The zero-order valence-corrected chi connectivity index (χ0v) is 95.5. The van der Waals surface area contributed by atoms with E-state index in [0.29, 0.717) is 176 Å². The number of aliphatic hydroxyl groups excluding tert-OH is 5. The molecule has 0 saturated carbocycles. The summed E-state index contributed by atoms with van der Waals surface area (Å²) in [6.45, 7) is 37.8. The number of carboxylic acid groups (broad SMARTS) is 1. The molecule has 4 aromatic carbocycles. The number of halogens is 5. The van der Waals surface area contributed by atoms with Gasteiger partial charge in [0.1, 0.15) is 0 Å². The average Bonchev–Trinajstić information content (AvgIpc) is 1.61. The second kappa shape index (κ2) is 113. The van der Waals surface area contributed by atoms with Gasteiger partial charge in [-0.15, -0.1) is 0 Å². The summed E-state index contributed by atoms with van der Waals surface area (Å²) in [4.78, 5) is 110. The van der Waals surface area contributed by atoms with Crippen LogP contribution in [0.3, 0.4) is 0 Å². The fourth-order valence-electron chi connectivity index (χ4n) is 10.6. The number of hydrogen-bond donors (Lipinski definition) is 9. The van der Waals surface area contributed by atoms with Crippen LogP contribution in [0.25, 0.3) is 21.8 Å². The summed E-state index contributed by atoms with van der Waals surface area (Å²) < 4.78 is 50.5. The summed E-state index contributed by atoms with van der Waals surface area (Å²) >= 11 is 25.5. The number of amides is 1. The van der Waals surface area contributed by atoms with Gasteiger partial charge >= 0.3 is 97.8 Å². The van der Waals surface area contributed by atoms with Gasteiger partial charge in [-0.25, -0.2) is 4.98 Å². The summed E-state index contributed by atoms with van der Waals surface area (Å²) in [5.41, 5.74) is 20.5. The molecule has 0 atom stereocenters. The number of aryl methyl sites for hydroxylation is 2. The van der Waals surface area contributed by atoms with Crippen LogP contribution < -0.4 is 21.5 Å². The van der Waals surface area contributed by atoms with Crippen LogP contribution in [-0.4, -0.2) is 317 Å². The first-order chi connectivity index (χ1) is 68.5. The van der Waals surface area contributed by atoms with Gasteiger partial charge in [-0.05, 0) is 167 Å². The molecule has 0 bridgehead atoms. The van der Waals surface area contributed by atoms with Crippen LogP contribution in [0.15, 0.2) is 197 Å². The van der Waals surface area contributed by atoms with Gasteiger partial charge in [0.15, 0.2) is 0 Å². The number of aliphatic carboxylic acids is 1. The van der Waals surface area contributed by atoms with E-state index in [-0.39, 0.29) is 30.6 Å². The fourth-order valence-corrected chi connectivity index (χ4v) is 10.9. The van der Waals surface area contributed by atoms with Gasteiger partial charge in [-0.2, -0.15) is 0 Å². The topological polar surface area (TPSA) is 504 Å². The van der Waals surface area contributed by atoms with E-state index in [9.17, 15) is 24.3 Å². The van der Waals surface area contributed by atoms with E-state index in [2.05, 4.69) is 122 Å². The van der Waals surface area contributed by atoms with E-state index >= 15 is 0 Å². The zero-order chi connectivity index (χ0) is 108. The van der Waals surface area contributed by atoms with Crippen molar-refractivity contribution in [2.45, 2.75) is 67.2 Å². The van der Waals surface area contributed by atoms with Crippen molar-refractivity contribution in [1.82, 2.24) is 34.4 Å². The van der Waals surface area contributed by atoms with E-state index in [1.807, 2.05) is 124 Å². The first kappa shape index (κ1) is 147. The minimum atomic E-state index is -0.919. The molecule has 10 rings (SSSR count). The number of nitrogens with two attached hydrogens (primary N) is 2. The van der Waals surface area contributed by atoms with Gasteiger partial charge in [0.05, 0.1) is 160 Å². The van der Waals surface area contributed by atoms with Crippen molar-refractivity contribution < 1.29 is 163 Å². The third-order valence-electron chi connectivity index (χ3n) is 16.2. The number of hydrogen-bond acceptors (Lipinski definition) is 31. The minimum Gasteiger partial charge on any atom is -0.545 e. The van der Waals surface area contributed by atoms with Crippen LogP contribution >= 0.6 is 63.5 Å². The molecule has 0 aliphatic carbocycles. The zero-order valence-electron chi connectivity index (χ0n) is 81.1. The molecule has 0 fully saturated rings. The normalized spacial score (nSPS) is 9.51. The number of rotatable bonds is 42. The van der Waals surface area contributed by atoms with Gasteiger partial charge in [0.2, 0.25) is 11.8 Å². The molecule has 43 heteroatoms. The number of aliphatic hydroxyl groups is 5. The summed E-state index contributed by atoms with van der Waals surface area (Å²) in [6, 6.07) is 47.7. The largest absolute Gasteiger partial charge is 0.545 e. The quantitative estimate of drug-likeness (QED) is 0.00742. The Morgan fingerprint density at radius 2 is 0.700 bits per heavy atom. The Balaban J connectivity index is -0.000000252. The fraction of sp³-hybridized carbons (Fsp3) is 0.392. The number of carbonyl (C=O) groups excluding carboxylic acids is 7. The van der Waals surface area contributed by atoms with E-state index in [1.54, 1.807) is 121 Å². The molecule has 782 valence electrons. The maximum Gasteiger partial charge on any atom is -0.282 e. The van der Waals surface area contributed by atoms with Crippen molar-refractivity contribution in [2.75, 3.05) is 188 Å². The first-order valence-corrected chi connectivity index (χ1v) is 60.7. The maximum atomic E-state index is 13.4. The molecule has 35 nitrogen and oxygen atoms in total. The van der Waals surface area contributed by atoms with Crippen molar-refractivity contribution in [2.24, 2.45) is 26.4 Å². The monoisotopic (exact) mass is 2700 g/mol. The molecule has 140 heavy (non-hydrogen) atoms. The Hall–Kier alpha value is -8.26. The minimum absolute atomic E-state index is 0.118. The van der Waals surface area contributed by atoms with Gasteiger partial charge < -0.3 is 109 Å². The second-order valence-corrected chi connectivity index (χ2v) is 26.2. The number of ether oxygens (including phenoxy) is 9. The second-order valence-electron chi connectivity index (χ2n) is 25.3. The molecule has 0 aliphatic heterocycles. The van der Waals surface area contributed by atoms with E-state index in [0.717, 1.165) is 117 Å². The Bertz CT molecular complexity index is 4540. The van der Waals surface area contributed by atoms with Crippen LogP contribution in [0.1, 0.15) is 98.1 Å². The number of carbonyl (C=O) groups is 4. The van der Waals surface area contributed by atoms with Crippen LogP contribution in [0.5, 0.6) is 5.88 Å². The number of benzene rings is 4. The maximum absolute atomic E-state index is 13.4. The number of methoxy groups -OCH3 is 1. The predicted octanol–water partition coefficient (Wildman–Crippen LogP) is 12.4. The number of aromatic nitrogens is 6. The first-order valence-electron chi connectivity index (χ1n) is 42.1. The summed E-state index contributed by atoms with van der Waals surface area (Å²) in [6.07, 6.45) is 14.3. The van der Waals surface area contributed by atoms with Crippen LogP contribution in [0.2, 0.25) is 10.0 Å². The van der Waals surface area contributed by atoms with Crippen molar-refractivity contribution in [3.8, 4) is 5.88 Å². The van der Waals surface area contributed by atoms with Crippen LogP contribution in [0, 0.1) is 27.7 Å². The molecule has 0 radical (unpaired) electrons. The number of aliphatic imine (C=N–C) groups is 3. The van der Waals surface area contributed by atoms with Crippen LogP contribution in [0.4, 0.5) is 0 Å². The summed E-state index contributed by atoms with van der Waals surface area (Å²) in [7, 11) is 6.60. The Kier molecular flexibility index (Phi) is 118. The van der Waals surface area contributed by atoms with E-state index in [1.165, 1.54) is 51.6 Å². The third kappa shape index (κ3) is 73.8. The van der Waals surface area contributed by atoms with Crippen molar-refractivity contribution in [3.05, 3.63) is 254 Å². The van der Waals surface area contributed by atoms with E-state index in [4.69, 9.17) is 122 Å². The van der Waals surface area contributed by atoms with E-state index < -0.39 is 5.97 Å².